The smallest absolute Gasteiger partial charge is 0.321 e. The van der Waals surface area contributed by atoms with Crippen LogP contribution in [-0.2, 0) is 4.79 Å². The van der Waals surface area contributed by atoms with E-state index in [1.165, 1.54) is 4.90 Å². The fraction of sp³-hybridized carbons (Fsp3) is 0.353. The molecule has 3 amide bonds. The number of likely N-dealkylation sites (tertiary alicyclic amines) is 1. The average Bonchev–Trinajstić information content (AvgIpc) is 2.60. The zero-order valence-electron chi connectivity index (χ0n) is 13.3. The summed E-state index contributed by atoms with van der Waals surface area (Å²) in [7, 11) is 0. The number of carbonyl (C=O) groups excluding carboxylic acids is 2. The van der Waals surface area contributed by atoms with Gasteiger partial charge in [-0.15, -0.1) is 6.58 Å². The summed E-state index contributed by atoms with van der Waals surface area (Å²) >= 11 is 0. The monoisotopic (exact) mass is 331 g/mol. The first-order valence-electron chi connectivity index (χ1n) is 7.79. The molecule has 7 heteroatoms. The topological polar surface area (TPSA) is 98.7 Å². The van der Waals surface area contributed by atoms with Gasteiger partial charge in [-0.1, -0.05) is 6.08 Å². The first-order chi connectivity index (χ1) is 11.5. The third-order valence-electron chi connectivity index (χ3n) is 3.86. The third kappa shape index (κ3) is 4.58. The van der Waals surface area contributed by atoms with E-state index in [9.17, 15) is 14.4 Å². The molecule has 2 rings (SSSR count). The fourth-order valence-corrected chi connectivity index (χ4v) is 2.54. The Hall–Kier alpha value is -2.83. The van der Waals surface area contributed by atoms with E-state index in [0.29, 0.717) is 37.2 Å². The summed E-state index contributed by atoms with van der Waals surface area (Å²) in [5, 5.41) is 14.5. The van der Waals surface area contributed by atoms with E-state index < -0.39 is 11.9 Å². The molecule has 0 spiro atoms. The summed E-state index contributed by atoms with van der Waals surface area (Å²) < 4.78 is 0. The van der Waals surface area contributed by atoms with E-state index in [4.69, 9.17) is 5.11 Å². The number of aliphatic carboxylic acids is 1. The van der Waals surface area contributed by atoms with Gasteiger partial charge in [0.05, 0.1) is 5.92 Å². The predicted molar refractivity (Wildman–Crippen MR) is 89.9 cm³/mol. The highest BCUT2D eigenvalue weighted by atomic mass is 16.4. The quantitative estimate of drug-likeness (QED) is 0.718. The lowest BCUT2D eigenvalue weighted by atomic mass is 9.99. The van der Waals surface area contributed by atoms with Gasteiger partial charge in [-0.25, -0.2) is 4.79 Å². The standard InChI is InChI=1S/C17H21N3O4/c1-2-9-18-15(21)12-5-7-14(8-6-12)19-17(24)20-10-3-4-13(11-20)16(22)23/h2,5-8,13H,1,3-4,9-11H2,(H,18,21)(H,19,24)(H,22,23). The molecule has 128 valence electrons. The number of amides is 3. The van der Waals surface area contributed by atoms with E-state index in [2.05, 4.69) is 17.2 Å². The summed E-state index contributed by atoms with van der Waals surface area (Å²) in [6, 6.07) is 6.18. The molecule has 1 aliphatic rings. The van der Waals surface area contributed by atoms with Crippen molar-refractivity contribution in [1.82, 2.24) is 10.2 Å². The number of hydrogen-bond acceptors (Lipinski definition) is 3. The van der Waals surface area contributed by atoms with Crippen molar-refractivity contribution in [2.24, 2.45) is 5.92 Å². The highest BCUT2D eigenvalue weighted by Crippen LogP contribution is 2.18. The number of anilines is 1. The minimum atomic E-state index is -0.873. The van der Waals surface area contributed by atoms with E-state index in [0.717, 1.165) is 0 Å². The largest absolute Gasteiger partial charge is 0.481 e. The van der Waals surface area contributed by atoms with E-state index >= 15 is 0 Å². The molecule has 1 aliphatic heterocycles. The van der Waals surface area contributed by atoms with Gasteiger partial charge >= 0.3 is 12.0 Å². The molecule has 0 aliphatic carbocycles. The van der Waals surface area contributed by atoms with Crippen LogP contribution in [0.15, 0.2) is 36.9 Å². The number of piperidine rings is 1. The third-order valence-corrected chi connectivity index (χ3v) is 3.86. The van der Waals surface area contributed by atoms with Crippen LogP contribution in [0.25, 0.3) is 0 Å². The number of urea groups is 1. The second kappa shape index (κ2) is 8.14. The second-order valence-corrected chi connectivity index (χ2v) is 5.63. The van der Waals surface area contributed by atoms with Crippen molar-refractivity contribution in [2.75, 3.05) is 25.0 Å². The lowest BCUT2D eigenvalue weighted by Gasteiger charge is -2.30. The van der Waals surface area contributed by atoms with Crippen LogP contribution in [0.1, 0.15) is 23.2 Å². The van der Waals surface area contributed by atoms with E-state index in [1.807, 2.05) is 0 Å². The Morgan fingerprint density at radius 1 is 1.29 bits per heavy atom. The molecule has 0 aromatic heterocycles. The van der Waals surface area contributed by atoms with Crippen molar-refractivity contribution in [2.45, 2.75) is 12.8 Å². The van der Waals surface area contributed by atoms with Crippen molar-refractivity contribution in [3.8, 4) is 0 Å². The Morgan fingerprint density at radius 2 is 2.00 bits per heavy atom. The number of hydrogen-bond donors (Lipinski definition) is 3. The maximum absolute atomic E-state index is 12.2. The number of carboxylic acids is 1. The van der Waals surface area contributed by atoms with Crippen molar-refractivity contribution in [3.63, 3.8) is 0 Å². The summed E-state index contributed by atoms with van der Waals surface area (Å²) in [6.45, 7) is 4.67. The van der Waals surface area contributed by atoms with Crippen LogP contribution in [0.3, 0.4) is 0 Å². The Morgan fingerprint density at radius 3 is 2.62 bits per heavy atom. The molecule has 24 heavy (non-hydrogen) atoms. The van der Waals surface area contributed by atoms with Crippen LogP contribution >= 0.6 is 0 Å². The highest BCUT2D eigenvalue weighted by Gasteiger charge is 2.28. The Balaban J connectivity index is 1.93. The lowest BCUT2D eigenvalue weighted by Crippen LogP contribution is -2.44. The molecular weight excluding hydrogens is 310 g/mol. The highest BCUT2D eigenvalue weighted by molar-refractivity contribution is 5.95. The predicted octanol–water partition coefficient (Wildman–Crippen LogP) is 1.93. The van der Waals surface area contributed by atoms with Crippen LogP contribution in [0.5, 0.6) is 0 Å². The van der Waals surface area contributed by atoms with Gasteiger partial charge in [0.2, 0.25) is 0 Å². The van der Waals surface area contributed by atoms with Gasteiger partial charge in [0, 0.05) is 30.9 Å². The summed E-state index contributed by atoms with van der Waals surface area (Å²) in [5.41, 5.74) is 1.04. The maximum Gasteiger partial charge on any atom is 0.321 e. The van der Waals surface area contributed by atoms with Gasteiger partial charge in [-0.3, -0.25) is 9.59 Å². The number of nitrogens with one attached hydrogen (secondary N) is 2. The Kier molecular flexibility index (Phi) is 5.95. The minimum absolute atomic E-state index is 0.212. The summed E-state index contributed by atoms with van der Waals surface area (Å²) in [6.07, 6.45) is 2.86. The first-order valence-corrected chi connectivity index (χ1v) is 7.79. The molecule has 1 aromatic carbocycles. The molecule has 1 aromatic rings. The van der Waals surface area contributed by atoms with E-state index in [1.54, 1.807) is 30.3 Å². The SMILES string of the molecule is C=CCNC(=O)c1ccc(NC(=O)N2CCCC(C(=O)O)C2)cc1. The molecule has 0 bridgehead atoms. The van der Waals surface area contributed by atoms with Gasteiger partial charge in [0.1, 0.15) is 0 Å². The molecule has 1 fully saturated rings. The number of rotatable bonds is 5. The van der Waals surface area contributed by atoms with Gasteiger partial charge in [0.25, 0.3) is 5.91 Å². The zero-order chi connectivity index (χ0) is 17.5. The second-order valence-electron chi connectivity index (χ2n) is 5.63. The molecule has 0 saturated carbocycles. The van der Waals surface area contributed by atoms with Gasteiger partial charge in [-0.2, -0.15) is 0 Å². The summed E-state index contributed by atoms with van der Waals surface area (Å²) in [5.74, 6) is -1.60. The van der Waals surface area contributed by atoms with Crippen molar-refractivity contribution in [3.05, 3.63) is 42.5 Å². The molecule has 1 heterocycles. The van der Waals surface area contributed by atoms with Crippen LogP contribution < -0.4 is 10.6 Å². The number of carbonyl (C=O) groups is 3. The fourth-order valence-electron chi connectivity index (χ4n) is 2.54. The molecule has 1 atom stereocenters. The van der Waals surface area contributed by atoms with Crippen molar-refractivity contribution < 1.29 is 19.5 Å². The normalized spacial score (nSPS) is 17.0. The molecule has 0 radical (unpaired) electrons. The Bertz CT molecular complexity index is 627. The molecule has 1 unspecified atom stereocenters. The van der Waals surface area contributed by atoms with Crippen LogP contribution in [0, 0.1) is 5.92 Å². The number of carboxylic acid groups (broad SMARTS) is 1. The lowest BCUT2D eigenvalue weighted by molar-refractivity contribution is -0.143. The van der Waals surface area contributed by atoms with Crippen molar-refractivity contribution in [1.29, 1.82) is 0 Å². The summed E-state index contributed by atoms with van der Waals surface area (Å²) in [4.78, 5) is 36.6. The molecular formula is C17H21N3O4. The Labute approximate surface area is 140 Å². The number of nitrogens with zero attached hydrogens (tertiary/aromatic N) is 1. The van der Waals surface area contributed by atoms with E-state index in [-0.39, 0.29) is 18.5 Å². The first kappa shape index (κ1) is 17.5. The molecule has 1 saturated heterocycles. The zero-order valence-corrected chi connectivity index (χ0v) is 13.3. The van der Waals surface area contributed by atoms with Gasteiger partial charge in [0.15, 0.2) is 0 Å². The van der Waals surface area contributed by atoms with Gasteiger partial charge < -0.3 is 20.6 Å². The van der Waals surface area contributed by atoms with Crippen LogP contribution in [0.4, 0.5) is 10.5 Å². The average molecular weight is 331 g/mol. The van der Waals surface area contributed by atoms with Crippen LogP contribution in [-0.4, -0.2) is 47.5 Å². The molecule has 7 nitrogen and oxygen atoms in total. The molecule has 3 N–H and O–H groups in total. The minimum Gasteiger partial charge on any atom is -0.481 e. The van der Waals surface area contributed by atoms with Crippen molar-refractivity contribution >= 4 is 23.6 Å². The number of benzene rings is 1. The van der Waals surface area contributed by atoms with Gasteiger partial charge in [-0.05, 0) is 37.1 Å². The van der Waals surface area contributed by atoms with Crippen LogP contribution in [0.2, 0.25) is 0 Å². The maximum atomic E-state index is 12.2.